The summed E-state index contributed by atoms with van der Waals surface area (Å²) in [7, 11) is 0. The van der Waals surface area contributed by atoms with Crippen LogP contribution < -0.4 is 0 Å². The molecule has 0 radical (unpaired) electrons. The van der Waals surface area contributed by atoms with Gasteiger partial charge < -0.3 is 4.57 Å². The van der Waals surface area contributed by atoms with Gasteiger partial charge in [-0.15, -0.1) is 0 Å². The quantitative estimate of drug-likeness (QED) is 0.579. The minimum Gasteiger partial charge on any atom is -0.318 e. The molecule has 1 amide bonds. The highest BCUT2D eigenvalue weighted by Gasteiger charge is 2.36. The van der Waals surface area contributed by atoms with Crippen LogP contribution in [0.4, 0.5) is 0 Å². The monoisotopic (exact) mass is 439 g/mol. The van der Waals surface area contributed by atoms with Gasteiger partial charge in [-0.3, -0.25) is 10.2 Å². The van der Waals surface area contributed by atoms with Gasteiger partial charge in [0, 0.05) is 22.6 Å². The average molecular weight is 440 g/mol. The van der Waals surface area contributed by atoms with Crippen molar-refractivity contribution in [2.24, 2.45) is 10.1 Å². The number of amides is 1. The minimum atomic E-state index is -0.418. The number of carbonyl (C=O) groups is 1. The van der Waals surface area contributed by atoms with Crippen LogP contribution in [0.3, 0.4) is 0 Å². The molecule has 3 aromatic rings. The van der Waals surface area contributed by atoms with Crippen LogP contribution >= 0.6 is 11.8 Å². The molecule has 158 valence electrons. The molecule has 7 heteroatoms. The fourth-order valence-electron chi connectivity index (χ4n) is 3.95. The predicted octanol–water partition coefficient (Wildman–Crippen LogP) is 5.07. The van der Waals surface area contributed by atoms with Gasteiger partial charge in [-0.25, -0.2) is 0 Å². The fourth-order valence-corrected chi connectivity index (χ4v) is 4.84. The summed E-state index contributed by atoms with van der Waals surface area (Å²) < 4.78 is 2.14. The number of aliphatic imine (C=N–C) groups is 1. The average Bonchev–Trinajstić information content (AvgIpc) is 3.32. The third kappa shape index (κ3) is 3.40. The Morgan fingerprint density at radius 1 is 1.00 bits per heavy atom. The Kier molecular flexibility index (Phi) is 4.90. The molecule has 0 aliphatic carbocycles. The van der Waals surface area contributed by atoms with Gasteiger partial charge >= 0.3 is 0 Å². The van der Waals surface area contributed by atoms with Crippen molar-refractivity contribution in [3.05, 3.63) is 94.3 Å². The van der Waals surface area contributed by atoms with Crippen LogP contribution in [-0.2, 0) is 4.79 Å². The van der Waals surface area contributed by atoms with E-state index >= 15 is 0 Å². The second-order valence-electron chi connectivity index (χ2n) is 7.79. The lowest BCUT2D eigenvalue weighted by molar-refractivity contribution is -0.114. The number of nitrogens with one attached hydrogen (secondary N) is 1. The van der Waals surface area contributed by atoms with Crippen molar-refractivity contribution in [2.75, 3.05) is 0 Å². The molecule has 2 aliphatic rings. The molecule has 0 fully saturated rings. The number of carbonyl (C=O) groups excluding carboxylic acids is 1. The standard InChI is InChI=1S/C25H21N5OS/c1-15-8-7-9-18(12-15)24-28-30-22(26)21(23(31)27-25(30)32-24)14-19-13-16(2)29(17(19)3)20-10-5-4-6-11-20/h4-14,26H,1-3H3. The zero-order valence-electron chi connectivity index (χ0n) is 18.0. The number of thioether (sulfide) groups is 1. The first kappa shape index (κ1) is 20.2. The summed E-state index contributed by atoms with van der Waals surface area (Å²) in [6, 6.07) is 20.1. The van der Waals surface area contributed by atoms with Crippen LogP contribution in [0.2, 0.25) is 0 Å². The number of aryl methyl sites for hydroxylation is 2. The number of para-hydroxylation sites is 1. The van der Waals surface area contributed by atoms with Crippen LogP contribution in [-0.4, -0.2) is 31.5 Å². The second kappa shape index (κ2) is 7.76. The van der Waals surface area contributed by atoms with Crippen molar-refractivity contribution in [1.82, 2.24) is 9.58 Å². The number of hydrogen-bond donors (Lipinski definition) is 1. The molecule has 1 aromatic heterocycles. The summed E-state index contributed by atoms with van der Waals surface area (Å²) in [5.41, 5.74) is 6.29. The third-order valence-electron chi connectivity index (χ3n) is 5.50. The molecule has 0 saturated heterocycles. The Balaban J connectivity index is 1.52. The van der Waals surface area contributed by atoms with Gasteiger partial charge in [-0.05, 0) is 68.4 Å². The molecular weight excluding hydrogens is 418 g/mol. The highest BCUT2D eigenvalue weighted by atomic mass is 32.2. The van der Waals surface area contributed by atoms with E-state index in [1.54, 1.807) is 6.08 Å². The molecular formula is C25H21N5OS. The highest BCUT2D eigenvalue weighted by Crippen LogP contribution is 2.32. The molecule has 0 atom stereocenters. The summed E-state index contributed by atoms with van der Waals surface area (Å²) in [5.74, 6) is -0.376. The van der Waals surface area contributed by atoms with Crippen LogP contribution in [0.25, 0.3) is 11.8 Å². The number of aromatic nitrogens is 1. The molecule has 2 aromatic carbocycles. The Bertz CT molecular complexity index is 1360. The normalized spacial score (nSPS) is 17.0. The number of hydrazone groups is 1. The number of amidine groups is 2. The van der Waals surface area contributed by atoms with Crippen molar-refractivity contribution < 1.29 is 4.79 Å². The van der Waals surface area contributed by atoms with E-state index in [-0.39, 0.29) is 11.4 Å². The topological polar surface area (TPSA) is 73.8 Å². The highest BCUT2D eigenvalue weighted by molar-refractivity contribution is 8.27. The first-order valence-electron chi connectivity index (χ1n) is 10.2. The van der Waals surface area contributed by atoms with Gasteiger partial charge in [-0.2, -0.15) is 15.1 Å². The van der Waals surface area contributed by atoms with Gasteiger partial charge in [0.05, 0.1) is 5.57 Å². The van der Waals surface area contributed by atoms with Gasteiger partial charge in [0.2, 0.25) is 5.17 Å². The molecule has 5 rings (SSSR count). The summed E-state index contributed by atoms with van der Waals surface area (Å²) in [6.07, 6.45) is 1.75. The molecule has 2 aliphatic heterocycles. The number of nitrogens with zero attached hydrogens (tertiary/aromatic N) is 4. The Morgan fingerprint density at radius 3 is 2.53 bits per heavy atom. The zero-order valence-corrected chi connectivity index (χ0v) is 18.8. The molecule has 3 heterocycles. The molecule has 0 bridgehead atoms. The fraction of sp³-hybridized carbons (Fsp3) is 0.120. The maximum absolute atomic E-state index is 12.8. The first-order valence-corrected chi connectivity index (χ1v) is 11.1. The van der Waals surface area contributed by atoms with E-state index in [1.165, 1.54) is 16.8 Å². The van der Waals surface area contributed by atoms with Crippen LogP contribution in [0.5, 0.6) is 0 Å². The minimum absolute atomic E-state index is 0.0414. The van der Waals surface area contributed by atoms with Crippen molar-refractivity contribution in [2.45, 2.75) is 20.8 Å². The van der Waals surface area contributed by atoms with Crippen molar-refractivity contribution in [3.8, 4) is 5.69 Å². The first-order chi connectivity index (χ1) is 15.4. The van der Waals surface area contributed by atoms with E-state index in [9.17, 15) is 4.79 Å². The van der Waals surface area contributed by atoms with Crippen LogP contribution in [0.1, 0.15) is 28.1 Å². The SMILES string of the molecule is Cc1cccc(C2=NN3C(=N)C(=Cc4cc(C)n(-c5ccccc5)c4C)C(=O)N=C3S2)c1. The van der Waals surface area contributed by atoms with E-state index < -0.39 is 5.91 Å². The second-order valence-corrected chi connectivity index (χ2v) is 8.75. The molecule has 0 saturated carbocycles. The molecule has 32 heavy (non-hydrogen) atoms. The largest absolute Gasteiger partial charge is 0.318 e. The van der Waals surface area contributed by atoms with Crippen molar-refractivity contribution in [3.63, 3.8) is 0 Å². The summed E-state index contributed by atoms with van der Waals surface area (Å²) in [5, 5.41) is 15.9. The van der Waals surface area contributed by atoms with Gasteiger partial charge in [0.25, 0.3) is 5.91 Å². The predicted molar refractivity (Wildman–Crippen MR) is 131 cm³/mol. The number of benzene rings is 2. The lowest BCUT2D eigenvalue weighted by Gasteiger charge is -2.20. The van der Waals surface area contributed by atoms with Gasteiger partial charge in [0.15, 0.2) is 5.84 Å². The maximum Gasteiger partial charge on any atom is 0.283 e. The Hall–Kier alpha value is -3.71. The lowest BCUT2D eigenvalue weighted by Crippen LogP contribution is -2.35. The molecule has 0 spiro atoms. The smallest absolute Gasteiger partial charge is 0.283 e. The third-order valence-corrected chi connectivity index (χ3v) is 6.46. The molecule has 6 nitrogen and oxygen atoms in total. The van der Waals surface area contributed by atoms with E-state index in [0.717, 1.165) is 38.8 Å². The number of hydrogen-bond acceptors (Lipinski definition) is 4. The van der Waals surface area contributed by atoms with Crippen molar-refractivity contribution in [1.29, 1.82) is 5.41 Å². The van der Waals surface area contributed by atoms with Gasteiger partial charge in [0.1, 0.15) is 5.04 Å². The molecule has 1 N–H and O–H groups in total. The summed E-state index contributed by atoms with van der Waals surface area (Å²) in [6.45, 7) is 6.06. The van der Waals surface area contributed by atoms with E-state index in [4.69, 9.17) is 5.41 Å². The van der Waals surface area contributed by atoms with Crippen molar-refractivity contribution >= 4 is 39.8 Å². The summed E-state index contributed by atoms with van der Waals surface area (Å²) in [4.78, 5) is 17.1. The Labute approximate surface area is 190 Å². The van der Waals surface area contributed by atoms with Crippen LogP contribution in [0.15, 0.2) is 76.3 Å². The number of rotatable bonds is 3. The maximum atomic E-state index is 12.8. The Morgan fingerprint density at radius 2 is 1.78 bits per heavy atom. The van der Waals surface area contributed by atoms with Crippen LogP contribution in [0, 0.1) is 26.2 Å². The number of fused-ring (bicyclic) bond motifs is 1. The summed E-state index contributed by atoms with van der Waals surface area (Å²) >= 11 is 1.31. The van der Waals surface area contributed by atoms with Gasteiger partial charge in [-0.1, -0.05) is 42.0 Å². The molecule has 0 unspecified atom stereocenters. The van der Waals surface area contributed by atoms with E-state index in [1.807, 2.05) is 81.4 Å². The van der Waals surface area contributed by atoms with E-state index in [2.05, 4.69) is 14.7 Å². The lowest BCUT2D eigenvalue weighted by atomic mass is 10.1. The zero-order chi connectivity index (χ0) is 22.4. The van der Waals surface area contributed by atoms with E-state index in [0.29, 0.717) is 5.17 Å².